The molecule has 0 unspecified atom stereocenters. The van der Waals surface area contributed by atoms with Crippen molar-refractivity contribution in [1.29, 1.82) is 0 Å². The van der Waals surface area contributed by atoms with E-state index in [9.17, 15) is 9.59 Å². The van der Waals surface area contributed by atoms with E-state index < -0.39 is 5.97 Å². The molecule has 6 nitrogen and oxygen atoms in total. The first-order valence-corrected chi connectivity index (χ1v) is 6.93. The van der Waals surface area contributed by atoms with E-state index in [1.165, 1.54) is 0 Å². The van der Waals surface area contributed by atoms with E-state index in [2.05, 4.69) is 12.2 Å². The molecule has 6 heteroatoms. The van der Waals surface area contributed by atoms with Crippen LogP contribution in [0.3, 0.4) is 0 Å². The Morgan fingerprint density at radius 3 is 2.42 bits per heavy atom. The number of carbonyl (C=O) groups is 2. The summed E-state index contributed by atoms with van der Waals surface area (Å²) in [4.78, 5) is 23.8. The van der Waals surface area contributed by atoms with Crippen LogP contribution < -0.4 is 5.32 Å². The number of carboxylic acid groups (broad SMARTS) is 1. The Labute approximate surface area is 114 Å². The van der Waals surface area contributed by atoms with Crippen LogP contribution in [0.25, 0.3) is 0 Å². The van der Waals surface area contributed by atoms with Crippen molar-refractivity contribution in [2.75, 3.05) is 32.8 Å². The quantitative estimate of drug-likeness (QED) is 0.450. The lowest BCUT2D eigenvalue weighted by Gasteiger charge is -2.22. The summed E-state index contributed by atoms with van der Waals surface area (Å²) in [5.74, 6) is -0.780. The molecule has 112 valence electrons. The van der Waals surface area contributed by atoms with E-state index in [1.54, 1.807) is 4.90 Å². The topological polar surface area (TPSA) is 89.9 Å². The van der Waals surface area contributed by atoms with Gasteiger partial charge < -0.3 is 20.4 Å². The molecule has 19 heavy (non-hydrogen) atoms. The standard InChI is InChI=1S/C13H26N2O4/c1-2-3-4-5-12(17)15(10-11-16)9-8-14-7-6-13(18)19/h14,16H,2-11H2,1H3,(H,18,19). The van der Waals surface area contributed by atoms with Crippen molar-refractivity contribution in [3.63, 3.8) is 0 Å². The lowest BCUT2D eigenvalue weighted by Crippen LogP contribution is -2.39. The van der Waals surface area contributed by atoms with Crippen LogP contribution in [0.4, 0.5) is 0 Å². The van der Waals surface area contributed by atoms with E-state index in [4.69, 9.17) is 10.2 Å². The molecule has 0 saturated heterocycles. The number of hydrogen-bond acceptors (Lipinski definition) is 4. The molecule has 0 aromatic rings. The van der Waals surface area contributed by atoms with Crippen LogP contribution in [0.1, 0.15) is 39.0 Å². The van der Waals surface area contributed by atoms with Gasteiger partial charge in [-0.15, -0.1) is 0 Å². The van der Waals surface area contributed by atoms with Gasteiger partial charge in [0.05, 0.1) is 13.0 Å². The Balaban J connectivity index is 3.83. The second-order valence-electron chi connectivity index (χ2n) is 4.46. The van der Waals surface area contributed by atoms with Crippen molar-refractivity contribution in [3.8, 4) is 0 Å². The van der Waals surface area contributed by atoms with Crippen molar-refractivity contribution >= 4 is 11.9 Å². The monoisotopic (exact) mass is 274 g/mol. The zero-order chi connectivity index (χ0) is 14.5. The fraction of sp³-hybridized carbons (Fsp3) is 0.846. The Kier molecular flexibility index (Phi) is 11.2. The molecule has 0 bridgehead atoms. The van der Waals surface area contributed by atoms with E-state index in [-0.39, 0.29) is 18.9 Å². The molecule has 1 amide bonds. The molecule has 0 spiro atoms. The lowest BCUT2D eigenvalue weighted by atomic mass is 10.2. The third kappa shape index (κ3) is 10.5. The predicted molar refractivity (Wildman–Crippen MR) is 72.9 cm³/mol. The van der Waals surface area contributed by atoms with Gasteiger partial charge in [0.2, 0.25) is 5.91 Å². The average Bonchev–Trinajstić information content (AvgIpc) is 2.37. The maximum absolute atomic E-state index is 11.9. The lowest BCUT2D eigenvalue weighted by molar-refractivity contribution is -0.137. The minimum absolute atomic E-state index is 0.0470. The first-order chi connectivity index (χ1) is 9.11. The number of hydrogen-bond donors (Lipinski definition) is 3. The second kappa shape index (κ2) is 11.9. The minimum atomic E-state index is -0.838. The summed E-state index contributed by atoms with van der Waals surface area (Å²) in [5, 5.41) is 20.4. The van der Waals surface area contributed by atoms with Crippen molar-refractivity contribution in [1.82, 2.24) is 10.2 Å². The fourth-order valence-corrected chi connectivity index (χ4v) is 1.70. The fourth-order valence-electron chi connectivity index (χ4n) is 1.70. The van der Waals surface area contributed by atoms with Gasteiger partial charge in [-0.25, -0.2) is 0 Å². The highest BCUT2D eigenvalue weighted by molar-refractivity contribution is 5.76. The van der Waals surface area contributed by atoms with Crippen molar-refractivity contribution < 1.29 is 19.8 Å². The maximum Gasteiger partial charge on any atom is 0.304 e. The largest absolute Gasteiger partial charge is 0.481 e. The number of carboxylic acids is 1. The van der Waals surface area contributed by atoms with Crippen LogP contribution in [0.15, 0.2) is 0 Å². The van der Waals surface area contributed by atoms with Crippen LogP contribution in [0.5, 0.6) is 0 Å². The zero-order valence-corrected chi connectivity index (χ0v) is 11.7. The smallest absolute Gasteiger partial charge is 0.304 e. The molecule has 0 aliphatic heterocycles. The minimum Gasteiger partial charge on any atom is -0.481 e. The van der Waals surface area contributed by atoms with Gasteiger partial charge in [-0.05, 0) is 6.42 Å². The highest BCUT2D eigenvalue weighted by Gasteiger charge is 2.11. The van der Waals surface area contributed by atoms with Crippen LogP contribution in [-0.2, 0) is 9.59 Å². The number of nitrogens with zero attached hydrogens (tertiary/aromatic N) is 1. The predicted octanol–water partition coefficient (Wildman–Crippen LogP) is 0.452. The summed E-state index contributed by atoms with van der Waals surface area (Å²) in [6, 6.07) is 0. The van der Waals surface area contributed by atoms with Crippen molar-refractivity contribution in [2.45, 2.75) is 39.0 Å². The molecule has 0 saturated carbocycles. The zero-order valence-electron chi connectivity index (χ0n) is 11.7. The SMILES string of the molecule is CCCCCC(=O)N(CCO)CCNCCC(=O)O. The highest BCUT2D eigenvalue weighted by atomic mass is 16.4. The Bertz CT molecular complexity index is 259. The summed E-state index contributed by atoms with van der Waals surface area (Å²) in [5.41, 5.74) is 0. The summed E-state index contributed by atoms with van der Waals surface area (Å²) in [7, 11) is 0. The van der Waals surface area contributed by atoms with Gasteiger partial charge in [-0.1, -0.05) is 19.8 Å². The molecular weight excluding hydrogens is 248 g/mol. The number of unbranched alkanes of at least 4 members (excludes halogenated alkanes) is 2. The maximum atomic E-state index is 11.9. The molecule has 0 atom stereocenters. The summed E-state index contributed by atoms with van der Waals surface area (Å²) in [6.45, 7) is 3.83. The normalized spacial score (nSPS) is 10.4. The number of nitrogens with one attached hydrogen (secondary N) is 1. The van der Waals surface area contributed by atoms with Crippen LogP contribution in [0.2, 0.25) is 0 Å². The summed E-state index contributed by atoms with van der Waals surface area (Å²) < 4.78 is 0. The molecule has 0 aliphatic rings. The molecule has 0 rings (SSSR count). The number of aliphatic hydroxyl groups excluding tert-OH is 1. The third-order valence-electron chi connectivity index (χ3n) is 2.79. The van der Waals surface area contributed by atoms with E-state index in [1.807, 2.05) is 0 Å². The number of amides is 1. The van der Waals surface area contributed by atoms with Gasteiger partial charge >= 0.3 is 5.97 Å². The van der Waals surface area contributed by atoms with Gasteiger partial charge in [0.1, 0.15) is 0 Å². The number of aliphatic carboxylic acids is 1. The molecule has 0 aliphatic carbocycles. The molecule has 0 aromatic carbocycles. The Morgan fingerprint density at radius 1 is 1.11 bits per heavy atom. The van der Waals surface area contributed by atoms with Gasteiger partial charge in [-0.3, -0.25) is 9.59 Å². The highest BCUT2D eigenvalue weighted by Crippen LogP contribution is 2.02. The van der Waals surface area contributed by atoms with Gasteiger partial charge in [-0.2, -0.15) is 0 Å². The van der Waals surface area contributed by atoms with Gasteiger partial charge in [0.15, 0.2) is 0 Å². The third-order valence-corrected chi connectivity index (χ3v) is 2.79. The molecule has 3 N–H and O–H groups in total. The van der Waals surface area contributed by atoms with Gasteiger partial charge in [0, 0.05) is 32.6 Å². The van der Waals surface area contributed by atoms with Crippen LogP contribution in [0, 0.1) is 0 Å². The van der Waals surface area contributed by atoms with Crippen LogP contribution >= 0.6 is 0 Å². The Hall–Kier alpha value is -1.14. The van der Waals surface area contributed by atoms with E-state index in [0.717, 1.165) is 19.3 Å². The summed E-state index contributed by atoms with van der Waals surface area (Å²) in [6.07, 6.45) is 3.58. The number of aliphatic hydroxyl groups is 1. The van der Waals surface area contributed by atoms with Crippen LogP contribution in [-0.4, -0.2) is 59.8 Å². The second-order valence-corrected chi connectivity index (χ2v) is 4.46. The summed E-state index contributed by atoms with van der Waals surface area (Å²) >= 11 is 0. The average molecular weight is 274 g/mol. The molecule has 0 fully saturated rings. The first-order valence-electron chi connectivity index (χ1n) is 6.93. The number of carbonyl (C=O) groups excluding carboxylic acids is 1. The molecule has 0 aromatic heterocycles. The van der Waals surface area contributed by atoms with E-state index >= 15 is 0 Å². The number of rotatable bonds is 12. The molecule has 0 heterocycles. The van der Waals surface area contributed by atoms with Gasteiger partial charge in [0.25, 0.3) is 0 Å². The van der Waals surface area contributed by atoms with E-state index in [0.29, 0.717) is 32.6 Å². The molecular formula is C13H26N2O4. The van der Waals surface area contributed by atoms with Crippen molar-refractivity contribution in [2.24, 2.45) is 0 Å². The van der Waals surface area contributed by atoms with Crippen molar-refractivity contribution in [3.05, 3.63) is 0 Å². The Morgan fingerprint density at radius 2 is 1.84 bits per heavy atom. The first kappa shape index (κ1) is 17.9. The molecule has 0 radical (unpaired) electrons.